The van der Waals surface area contributed by atoms with Gasteiger partial charge in [-0.05, 0) is 17.8 Å². The number of aliphatic carboxylic acids is 1. The van der Waals surface area contributed by atoms with E-state index < -0.39 is 23.5 Å². The molecule has 0 aliphatic heterocycles. The van der Waals surface area contributed by atoms with Crippen molar-refractivity contribution in [1.82, 2.24) is 10.6 Å². The van der Waals surface area contributed by atoms with Crippen molar-refractivity contribution >= 4 is 12.0 Å². The van der Waals surface area contributed by atoms with Gasteiger partial charge in [0.05, 0.1) is 0 Å². The van der Waals surface area contributed by atoms with Gasteiger partial charge in [0.15, 0.2) is 0 Å². The molecule has 0 aromatic heterocycles. The Morgan fingerprint density at radius 3 is 1.94 bits per heavy atom. The monoisotopic (exact) mass is 258 g/mol. The highest BCUT2D eigenvalue weighted by molar-refractivity contribution is 5.83. The van der Waals surface area contributed by atoms with Gasteiger partial charge in [0.2, 0.25) is 0 Å². The Balaban J connectivity index is 4.58. The van der Waals surface area contributed by atoms with Crippen molar-refractivity contribution in [3.8, 4) is 0 Å². The van der Waals surface area contributed by atoms with Crippen molar-refractivity contribution in [1.29, 1.82) is 0 Å². The Morgan fingerprint density at radius 1 is 1.17 bits per heavy atom. The highest BCUT2D eigenvalue weighted by Gasteiger charge is 2.32. The molecule has 2 amide bonds. The Morgan fingerprint density at radius 2 is 1.67 bits per heavy atom. The van der Waals surface area contributed by atoms with E-state index in [1.165, 1.54) is 0 Å². The first-order valence-corrected chi connectivity index (χ1v) is 6.39. The van der Waals surface area contributed by atoms with Crippen molar-refractivity contribution < 1.29 is 14.7 Å². The number of nitrogens with one attached hydrogen (secondary N) is 2. The summed E-state index contributed by atoms with van der Waals surface area (Å²) < 4.78 is 0. The van der Waals surface area contributed by atoms with Gasteiger partial charge >= 0.3 is 12.0 Å². The summed E-state index contributed by atoms with van der Waals surface area (Å²) in [5.41, 5.74) is -0.525. The standard InChI is InChI=1S/C13H26N2O3/c1-7-9(8(2)3)14-12(18)15-10(11(16)17)13(4,5)6/h8-10H,7H2,1-6H3,(H,16,17)(H2,14,15,18). The van der Waals surface area contributed by atoms with E-state index in [9.17, 15) is 9.59 Å². The smallest absolute Gasteiger partial charge is 0.326 e. The molecule has 18 heavy (non-hydrogen) atoms. The third-order valence-electron chi connectivity index (χ3n) is 2.95. The minimum atomic E-state index is -1.02. The van der Waals surface area contributed by atoms with E-state index in [1.54, 1.807) is 20.8 Å². The summed E-state index contributed by atoms with van der Waals surface area (Å²) in [7, 11) is 0. The quantitative estimate of drug-likeness (QED) is 0.707. The molecule has 0 aliphatic rings. The van der Waals surface area contributed by atoms with Crippen LogP contribution in [0.5, 0.6) is 0 Å². The van der Waals surface area contributed by atoms with Crippen LogP contribution < -0.4 is 10.6 Å². The molecule has 0 bridgehead atoms. The van der Waals surface area contributed by atoms with Crippen LogP contribution in [0, 0.1) is 11.3 Å². The zero-order chi connectivity index (χ0) is 14.5. The van der Waals surface area contributed by atoms with Crippen molar-refractivity contribution in [2.75, 3.05) is 0 Å². The molecular formula is C13H26N2O3. The highest BCUT2D eigenvalue weighted by Crippen LogP contribution is 2.19. The fourth-order valence-electron chi connectivity index (χ4n) is 1.73. The maximum atomic E-state index is 11.8. The molecule has 0 spiro atoms. The molecule has 3 N–H and O–H groups in total. The van der Waals surface area contributed by atoms with Gasteiger partial charge < -0.3 is 15.7 Å². The van der Waals surface area contributed by atoms with Gasteiger partial charge in [-0.3, -0.25) is 0 Å². The second kappa shape index (κ2) is 6.61. The number of rotatable bonds is 5. The number of hydrogen-bond donors (Lipinski definition) is 3. The first-order chi connectivity index (χ1) is 8.09. The number of carboxylic acid groups (broad SMARTS) is 1. The SMILES string of the molecule is CCC(NC(=O)NC(C(=O)O)C(C)(C)C)C(C)C. The third kappa shape index (κ3) is 5.38. The van der Waals surface area contributed by atoms with Crippen LogP contribution in [0.25, 0.3) is 0 Å². The summed E-state index contributed by atoms with van der Waals surface area (Å²) in [6.07, 6.45) is 0.818. The van der Waals surface area contributed by atoms with Crippen LogP contribution in [-0.4, -0.2) is 29.2 Å². The van der Waals surface area contributed by atoms with Crippen LogP contribution in [0.3, 0.4) is 0 Å². The summed E-state index contributed by atoms with van der Waals surface area (Å²) in [6, 6.07) is -1.26. The molecule has 0 saturated carbocycles. The fourth-order valence-corrected chi connectivity index (χ4v) is 1.73. The summed E-state index contributed by atoms with van der Waals surface area (Å²) in [4.78, 5) is 22.9. The lowest BCUT2D eigenvalue weighted by Gasteiger charge is -2.29. The fraction of sp³-hybridized carbons (Fsp3) is 0.846. The minimum absolute atomic E-state index is 0.0550. The average molecular weight is 258 g/mol. The van der Waals surface area contributed by atoms with Gasteiger partial charge in [-0.1, -0.05) is 41.5 Å². The van der Waals surface area contributed by atoms with Crippen LogP contribution >= 0.6 is 0 Å². The van der Waals surface area contributed by atoms with Crippen molar-refractivity contribution in [2.45, 2.75) is 60.0 Å². The van der Waals surface area contributed by atoms with Crippen LogP contribution in [0.15, 0.2) is 0 Å². The van der Waals surface area contributed by atoms with Gasteiger partial charge in [-0.15, -0.1) is 0 Å². The van der Waals surface area contributed by atoms with Crippen LogP contribution in [0.4, 0.5) is 4.79 Å². The molecule has 0 rings (SSSR count). The molecule has 2 unspecified atom stereocenters. The summed E-state index contributed by atoms with van der Waals surface area (Å²) >= 11 is 0. The number of amides is 2. The predicted octanol–water partition coefficient (Wildman–Crippen LogP) is 2.22. The van der Waals surface area contributed by atoms with Gasteiger partial charge in [0.25, 0.3) is 0 Å². The molecule has 0 radical (unpaired) electrons. The van der Waals surface area contributed by atoms with Gasteiger partial charge in [0, 0.05) is 6.04 Å². The van der Waals surface area contributed by atoms with E-state index >= 15 is 0 Å². The van der Waals surface area contributed by atoms with Crippen LogP contribution in [0.1, 0.15) is 48.0 Å². The van der Waals surface area contributed by atoms with E-state index in [4.69, 9.17) is 5.11 Å². The Kier molecular flexibility index (Phi) is 6.15. The molecule has 5 heteroatoms. The average Bonchev–Trinajstić information content (AvgIpc) is 2.19. The van der Waals surface area contributed by atoms with E-state index in [1.807, 2.05) is 20.8 Å². The zero-order valence-electron chi connectivity index (χ0n) is 12.2. The van der Waals surface area contributed by atoms with Gasteiger partial charge in [0.1, 0.15) is 6.04 Å². The molecule has 0 aromatic rings. The maximum absolute atomic E-state index is 11.8. The molecule has 0 aromatic carbocycles. The number of carbonyl (C=O) groups excluding carboxylic acids is 1. The first-order valence-electron chi connectivity index (χ1n) is 6.39. The molecule has 0 heterocycles. The van der Waals surface area contributed by atoms with Crippen molar-refractivity contribution in [3.63, 3.8) is 0 Å². The van der Waals surface area contributed by atoms with E-state index in [0.717, 1.165) is 6.42 Å². The number of carbonyl (C=O) groups is 2. The van der Waals surface area contributed by atoms with Gasteiger partial charge in [-0.25, -0.2) is 9.59 Å². The van der Waals surface area contributed by atoms with Crippen molar-refractivity contribution in [2.24, 2.45) is 11.3 Å². The molecule has 5 nitrogen and oxygen atoms in total. The predicted molar refractivity (Wildman–Crippen MR) is 71.5 cm³/mol. The third-order valence-corrected chi connectivity index (χ3v) is 2.95. The number of carboxylic acids is 1. The van der Waals surface area contributed by atoms with Crippen LogP contribution in [0.2, 0.25) is 0 Å². The highest BCUT2D eigenvalue weighted by atomic mass is 16.4. The lowest BCUT2D eigenvalue weighted by atomic mass is 9.87. The van der Waals surface area contributed by atoms with E-state index in [0.29, 0.717) is 5.92 Å². The molecule has 0 aliphatic carbocycles. The van der Waals surface area contributed by atoms with Gasteiger partial charge in [-0.2, -0.15) is 0 Å². The molecular weight excluding hydrogens is 232 g/mol. The van der Waals surface area contributed by atoms with E-state index in [2.05, 4.69) is 10.6 Å². The lowest BCUT2D eigenvalue weighted by Crippen LogP contribution is -2.54. The first kappa shape index (κ1) is 16.7. The molecule has 106 valence electrons. The molecule has 0 fully saturated rings. The topological polar surface area (TPSA) is 78.4 Å². The Bertz CT molecular complexity index is 295. The normalized spacial score (nSPS) is 15.1. The molecule has 0 saturated heterocycles. The largest absolute Gasteiger partial charge is 0.480 e. The minimum Gasteiger partial charge on any atom is -0.480 e. The summed E-state index contributed by atoms with van der Waals surface area (Å²) in [5, 5.41) is 14.5. The number of hydrogen-bond acceptors (Lipinski definition) is 2. The van der Waals surface area contributed by atoms with E-state index in [-0.39, 0.29) is 6.04 Å². The lowest BCUT2D eigenvalue weighted by molar-refractivity contribution is -0.141. The Hall–Kier alpha value is -1.26. The Labute approximate surface area is 109 Å². The summed E-state index contributed by atoms with van der Waals surface area (Å²) in [6.45, 7) is 11.4. The number of urea groups is 1. The molecule has 2 atom stereocenters. The summed E-state index contributed by atoms with van der Waals surface area (Å²) in [5.74, 6) is -0.700. The second-order valence-corrected chi connectivity index (χ2v) is 6.01. The van der Waals surface area contributed by atoms with Crippen molar-refractivity contribution in [3.05, 3.63) is 0 Å². The second-order valence-electron chi connectivity index (χ2n) is 6.01. The zero-order valence-corrected chi connectivity index (χ0v) is 12.2. The van der Waals surface area contributed by atoms with Crippen LogP contribution in [-0.2, 0) is 4.79 Å². The maximum Gasteiger partial charge on any atom is 0.326 e.